The Kier molecular flexibility index (Phi) is 4.04. The summed E-state index contributed by atoms with van der Waals surface area (Å²) in [5, 5.41) is 7.08. The molecular weight excluding hydrogens is 286 g/mol. The Morgan fingerprint density at radius 1 is 1.14 bits per heavy atom. The van der Waals surface area contributed by atoms with Crippen LogP contribution in [0.25, 0.3) is 0 Å². The van der Waals surface area contributed by atoms with Gasteiger partial charge in [0.15, 0.2) is 17.3 Å². The van der Waals surface area contributed by atoms with Crippen molar-refractivity contribution < 1.29 is 18.7 Å². The quantitative estimate of drug-likeness (QED) is 0.842. The fourth-order valence-corrected chi connectivity index (χ4v) is 2.23. The third-order valence-electron chi connectivity index (χ3n) is 3.55. The van der Waals surface area contributed by atoms with Crippen LogP contribution in [-0.2, 0) is 6.54 Å². The van der Waals surface area contributed by atoms with E-state index in [1.807, 2.05) is 12.1 Å². The van der Waals surface area contributed by atoms with Gasteiger partial charge in [-0.15, -0.1) is 0 Å². The van der Waals surface area contributed by atoms with Crippen LogP contribution in [0.15, 0.2) is 16.7 Å². The van der Waals surface area contributed by atoms with Gasteiger partial charge in [0, 0.05) is 12.5 Å². The molecule has 22 heavy (non-hydrogen) atoms. The van der Waals surface area contributed by atoms with Crippen LogP contribution in [0.3, 0.4) is 0 Å². The molecule has 1 saturated carbocycles. The first-order valence-electron chi connectivity index (χ1n) is 7.11. The van der Waals surface area contributed by atoms with E-state index in [9.17, 15) is 0 Å². The Balaban J connectivity index is 1.73. The molecule has 1 aromatic carbocycles. The summed E-state index contributed by atoms with van der Waals surface area (Å²) in [6.45, 7) is 0.517. The highest BCUT2D eigenvalue weighted by atomic mass is 16.5. The first-order valence-corrected chi connectivity index (χ1v) is 7.11. The van der Waals surface area contributed by atoms with Crippen molar-refractivity contribution in [3.05, 3.63) is 23.5 Å². The Hall–Kier alpha value is -2.44. The van der Waals surface area contributed by atoms with Crippen molar-refractivity contribution in [1.82, 2.24) is 10.1 Å². The number of ether oxygens (including phenoxy) is 3. The summed E-state index contributed by atoms with van der Waals surface area (Å²) in [5.74, 6) is 3.06. The minimum atomic E-state index is 0.427. The lowest BCUT2D eigenvalue weighted by Crippen LogP contribution is -2.02. The number of nitrogens with zero attached hydrogens (tertiary/aromatic N) is 2. The second-order valence-corrected chi connectivity index (χ2v) is 5.12. The molecule has 7 nitrogen and oxygen atoms in total. The number of hydrogen-bond acceptors (Lipinski definition) is 7. The lowest BCUT2D eigenvalue weighted by atomic mass is 10.2. The Morgan fingerprint density at radius 2 is 1.82 bits per heavy atom. The Morgan fingerprint density at radius 3 is 2.36 bits per heavy atom. The molecule has 3 rings (SSSR count). The van der Waals surface area contributed by atoms with E-state index in [2.05, 4.69) is 15.5 Å². The molecule has 1 aromatic heterocycles. The molecule has 2 aromatic rings. The fraction of sp³-hybridized carbons (Fsp3) is 0.467. The lowest BCUT2D eigenvalue weighted by molar-refractivity contribution is 0.324. The molecule has 1 heterocycles. The lowest BCUT2D eigenvalue weighted by Gasteiger charge is -2.14. The van der Waals surface area contributed by atoms with Crippen molar-refractivity contribution in [3.63, 3.8) is 0 Å². The van der Waals surface area contributed by atoms with Gasteiger partial charge in [0.25, 0.3) is 0 Å². The van der Waals surface area contributed by atoms with Gasteiger partial charge in [-0.3, -0.25) is 0 Å². The number of rotatable bonds is 7. The molecule has 1 N–H and O–H groups in total. The van der Waals surface area contributed by atoms with E-state index in [0.717, 1.165) is 24.2 Å². The zero-order valence-corrected chi connectivity index (χ0v) is 12.9. The summed E-state index contributed by atoms with van der Waals surface area (Å²) in [4.78, 5) is 4.33. The van der Waals surface area contributed by atoms with Gasteiger partial charge in [0.05, 0.1) is 21.3 Å². The van der Waals surface area contributed by atoms with Gasteiger partial charge in [0.1, 0.15) is 0 Å². The average Bonchev–Trinajstić information content (AvgIpc) is 3.30. The number of methoxy groups -OCH3 is 3. The summed E-state index contributed by atoms with van der Waals surface area (Å²) in [6, 6.07) is 4.19. The topological polar surface area (TPSA) is 78.6 Å². The maximum atomic E-state index is 5.33. The van der Waals surface area contributed by atoms with Crippen LogP contribution >= 0.6 is 0 Å². The zero-order chi connectivity index (χ0) is 15.5. The number of aromatic nitrogens is 2. The second-order valence-electron chi connectivity index (χ2n) is 5.12. The van der Waals surface area contributed by atoms with E-state index in [1.54, 1.807) is 21.3 Å². The first kappa shape index (κ1) is 14.5. The van der Waals surface area contributed by atoms with E-state index >= 15 is 0 Å². The standard InChI is InChI=1S/C15H19N3O4/c1-19-11-6-9(7-12(20-2)13(11)21-3)8-16-15-17-14(18-22-15)10-4-5-10/h6-7,10H,4-5,8H2,1-3H3,(H,16,17,18). The molecule has 0 aliphatic heterocycles. The molecule has 0 saturated heterocycles. The SMILES string of the molecule is COc1cc(CNc2nc(C3CC3)no2)cc(OC)c1OC. The van der Waals surface area contributed by atoms with Crippen molar-refractivity contribution in [1.29, 1.82) is 0 Å². The van der Waals surface area contributed by atoms with Gasteiger partial charge >= 0.3 is 6.01 Å². The summed E-state index contributed by atoms with van der Waals surface area (Å²) in [6.07, 6.45) is 2.29. The van der Waals surface area contributed by atoms with Gasteiger partial charge in [-0.25, -0.2) is 0 Å². The molecule has 0 spiro atoms. The minimum Gasteiger partial charge on any atom is -0.493 e. The van der Waals surface area contributed by atoms with Gasteiger partial charge < -0.3 is 24.1 Å². The van der Waals surface area contributed by atoms with Gasteiger partial charge in [0.2, 0.25) is 5.75 Å². The summed E-state index contributed by atoms with van der Waals surface area (Å²) >= 11 is 0. The van der Waals surface area contributed by atoms with E-state index in [-0.39, 0.29) is 0 Å². The number of nitrogens with one attached hydrogen (secondary N) is 1. The van der Waals surface area contributed by atoms with Gasteiger partial charge in [-0.05, 0) is 30.5 Å². The molecule has 0 bridgehead atoms. The third kappa shape index (κ3) is 2.93. The van der Waals surface area contributed by atoms with Crippen molar-refractivity contribution in [2.24, 2.45) is 0 Å². The molecule has 0 amide bonds. The summed E-state index contributed by atoms with van der Waals surface area (Å²) in [5.41, 5.74) is 0.959. The van der Waals surface area contributed by atoms with Crippen LogP contribution in [-0.4, -0.2) is 31.5 Å². The van der Waals surface area contributed by atoms with E-state index in [4.69, 9.17) is 18.7 Å². The molecule has 118 valence electrons. The van der Waals surface area contributed by atoms with Crippen LogP contribution in [0, 0.1) is 0 Å². The maximum absolute atomic E-state index is 5.33. The van der Waals surface area contributed by atoms with Crippen LogP contribution in [0.2, 0.25) is 0 Å². The molecular formula is C15H19N3O4. The van der Waals surface area contributed by atoms with Crippen molar-refractivity contribution in [3.8, 4) is 17.2 Å². The number of hydrogen-bond donors (Lipinski definition) is 1. The zero-order valence-electron chi connectivity index (χ0n) is 12.9. The molecule has 0 atom stereocenters. The predicted molar refractivity (Wildman–Crippen MR) is 79.7 cm³/mol. The fourth-order valence-electron chi connectivity index (χ4n) is 2.23. The van der Waals surface area contributed by atoms with Crippen molar-refractivity contribution in [2.75, 3.05) is 26.6 Å². The number of benzene rings is 1. The highest BCUT2D eigenvalue weighted by Gasteiger charge is 2.28. The second kappa shape index (κ2) is 6.13. The van der Waals surface area contributed by atoms with E-state index in [1.165, 1.54) is 0 Å². The van der Waals surface area contributed by atoms with E-state index < -0.39 is 0 Å². The van der Waals surface area contributed by atoms with Crippen LogP contribution in [0.1, 0.15) is 30.1 Å². The molecule has 1 aliphatic rings. The Bertz CT molecular complexity index is 627. The molecule has 7 heteroatoms. The van der Waals surface area contributed by atoms with E-state index in [0.29, 0.717) is 35.7 Å². The maximum Gasteiger partial charge on any atom is 0.321 e. The monoisotopic (exact) mass is 305 g/mol. The molecule has 1 aliphatic carbocycles. The van der Waals surface area contributed by atoms with Crippen LogP contribution < -0.4 is 19.5 Å². The van der Waals surface area contributed by atoms with Crippen molar-refractivity contribution in [2.45, 2.75) is 25.3 Å². The summed E-state index contributed by atoms with van der Waals surface area (Å²) in [7, 11) is 4.76. The van der Waals surface area contributed by atoms with Crippen LogP contribution in [0.5, 0.6) is 17.2 Å². The molecule has 1 fully saturated rings. The number of anilines is 1. The summed E-state index contributed by atoms with van der Waals surface area (Å²) < 4.78 is 21.1. The average molecular weight is 305 g/mol. The molecule has 0 radical (unpaired) electrons. The highest BCUT2D eigenvalue weighted by Crippen LogP contribution is 2.39. The molecule has 0 unspecified atom stereocenters. The van der Waals surface area contributed by atoms with Crippen molar-refractivity contribution >= 4 is 6.01 Å². The largest absolute Gasteiger partial charge is 0.493 e. The van der Waals surface area contributed by atoms with Gasteiger partial charge in [-0.1, -0.05) is 5.16 Å². The third-order valence-corrected chi connectivity index (χ3v) is 3.55. The minimum absolute atomic E-state index is 0.427. The Labute approximate surface area is 128 Å². The first-order chi connectivity index (χ1) is 10.7. The van der Waals surface area contributed by atoms with Gasteiger partial charge in [-0.2, -0.15) is 4.98 Å². The highest BCUT2D eigenvalue weighted by molar-refractivity contribution is 5.54. The predicted octanol–water partition coefficient (Wildman–Crippen LogP) is 2.58. The smallest absolute Gasteiger partial charge is 0.321 e. The van der Waals surface area contributed by atoms with Crippen LogP contribution in [0.4, 0.5) is 6.01 Å². The normalized spacial score (nSPS) is 13.8.